The number of aliphatic hydroxyl groups excluding tert-OH is 1. The van der Waals surface area contributed by atoms with E-state index in [1.54, 1.807) is 12.1 Å². The summed E-state index contributed by atoms with van der Waals surface area (Å²) in [7, 11) is -2.03. The summed E-state index contributed by atoms with van der Waals surface area (Å²) in [6, 6.07) is 6.12. The Kier molecular flexibility index (Phi) is 7.56. The van der Waals surface area contributed by atoms with E-state index in [2.05, 4.69) is 84.2 Å². The summed E-state index contributed by atoms with van der Waals surface area (Å²) in [5.74, 6) is -0.155. The number of aromatic nitrogens is 1. The topological polar surface area (TPSA) is 42.4 Å². The third-order valence-electron chi connectivity index (χ3n) is 7.27. The lowest BCUT2D eigenvalue weighted by atomic mass is 9.74. The zero-order chi connectivity index (χ0) is 24.9. The van der Waals surface area contributed by atoms with Crippen molar-refractivity contribution in [1.29, 1.82) is 0 Å². The minimum Gasteiger partial charge on any atom is -0.410 e. The minimum absolute atomic E-state index is 0.0515. The van der Waals surface area contributed by atoms with Crippen molar-refractivity contribution in [3.05, 3.63) is 61.7 Å². The summed E-state index contributed by atoms with van der Waals surface area (Å²) >= 11 is 2.39. The Morgan fingerprint density at radius 2 is 1.76 bits per heavy atom. The normalized spacial score (nSPS) is 19.5. The summed E-state index contributed by atoms with van der Waals surface area (Å²) in [6.07, 6.45) is 0.903. The highest BCUT2D eigenvalue weighted by Crippen LogP contribution is 2.50. The molecule has 2 aromatic rings. The molecule has 2 atom stereocenters. The van der Waals surface area contributed by atoms with E-state index in [1.807, 2.05) is 0 Å². The standard InChI is InChI=1S/C27H39FINO2Si/c1-16(2)24-22(25(31)17-10-12-18(28)13-11-17)23(29)21-19(30-24)14-27(6,7)15-20(21)32-33(8,9)26(3,4)5/h10-13,16,20,25,31H,14-15H2,1-9H3/t20-,25-/m0/s1. The number of fused-ring (bicyclic) bond motifs is 1. The fourth-order valence-corrected chi connectivity index (χ4v) is 6.88. The minimum atomic E-state index is -2.03. The molecule has 1 aliphatic carbocycles. The molecule has 1 N–H and O–H groups in total. The van der Waals surface area contributed by atoms with E-state index in [1.165, 1.54) is 12.1 Å². The quantitative estimate of drug-likeness (QED) is 0.286. The highest BCUT2D eigenvalue weighted by atomic mass is 127. The lowest BCUT2D eigenvalue weighted by Gasteiger charge is -2.44. The molecule has 1 aromatic carbocycles. The van der Waals surface area contributed by atoms with Gasteiger partial charge in [-0.25, -0.2) is 4.39 Å². The number of halogens is 2. The van der Waals surface area contributed by atoms with Crippen LogP contribution in [0.2, 0.25) is 18.1 Å². The summed E-state index contributed by atoms with van der Waals surface area (Å²) < 4.78 is 21.6. The van der Waals surface area contributed by atoms with Crippen LogP contribution in [-0.2, 0) is 10.8 Å². The van der Waals surface area contributed by atoms with Crippen LogP contribution in [0.5, 0.6) is 0 Å². The van der Waals surface area contributed by atoms with Crippen LogP contribution in [-0.4, -0.2) is 18.4 Å². The Labute approximate surface area is 213 Å². The zero-order valence-corrected chi connectivity index (χ0v) is 24.7. The average molecular weight is 584 g/mol. The molecule has 1 aliphatic rings. The third-order valence-corrected chi connectivity index (χ3v) is 12.9. The molecule has 6 heteroatoms. The molecule has 33 heavy (non-hydrogen) atoms. The Hall–Kier alpha value is -0.833. The first-order valence-electron chi connectivity index (χ1n) is 11.9. The number of hydrogen-bond donors (Lipinski definition) is 1. The molecule has 0 unspecified atom stereocenters. The zero-order valence-electron chi connectivity index (χ0n) is 21.5. The summed E-state index contributed by atoms with van der Waals surface area (Å²) in [5.41, 5.74) is 4.74. The second kappa shape index (κ2) is 9.32. The van der Waals surface area contributed by atoms with Gasteiger partial charge in [0.1, 0.15) is 11.9 Å². The number of aliphatic hydroxyl groups is 1. The van der Waals surface area contributed by atoms with Crippen LogP contribution in [0.4, 0.5) is 4.39 Å². The number of benzene rings is 1. The Morgan fingerprint density at radius 1 is 1.18 bits per heavy atom. The SMILES string of the molecule is CC(C)c1nc2c(c(I)c1[C@@H](O)c1ccc(F)cc1)[C@@H](O[Si](C)(C)C(C)(C)C)CC(C)(C)C2. The van der Waals surface area contributed by atoms with Gasteiger partial charge in [-0.1, -0.05) is 60.6 Å². The first kappa shape index (κ1) is 26.8. The summed E-state index contributed by atoms with van der Waals surface area (Å²) in [5, 5.41) is 11.5. The smallest absolute Gasteiger partial charge is 0.192 e. The second-order valence-electron chi connectivity index (χ2n) is 12.1. The number of hydrogen-bond acceptors (Lipinski definition) is 3. The van der Waals surface area contributed by atoms with E-state index in [0.29, 0.717) is 5.56 Å². The van der Waals surface area contributed by atoms with Gasteiger partial charge in [-0.15, -0.1) is 0 Å². The van der Waals surface area contributed by atoms with E-state index < -0.39 is 14.4 Å². The fraction of sp³-hybridized carbons (Fsp3) is 0.593. The van der Waals surface area contributed by atoms with Crippen molar-refractivity contribution in [3.63, 3.8) is 0 Å². The maximum absolute atomic E-state index is 13.5. The molecule has 0 aliphatic heterocycles. The molecule has 3 nitrogen and oxygen atoms in total. The number of pyridine rings is 1. The van der Waals surface area contributed by atoms with Crippen molar-refractivity contribution >= 4 is 30.9 Å². The summed E-state index contributed by atoms with van der Waals surface area (Å²) in [6.45, 7) is 20.2. The molecule has 182 valence electrons. The van der Waals surface area contributed by atoms with Crippen LogP contribution >= 0.6 is 22.6 Å². The third kappa shape index (κ3) is 5.54. The number of rotatable bonds is 5. The lowest BCUT2D eigenvalue weighted by molar-refractivity contribution is 0.104. The first-order valence-corrected chi connectivity index (χ1v) is 15.9. The summed E-state index contributed by atoms with van der Waals surface area (Å²) in [4.78, 5) is 5.17. The molecule has 3 rings (SSSR count). The maximum Gasteiger partial charge on any atom is 0.192 e. The Bertz CT molecular complexity index is 1010. The van der Waals surface area contributed by atoms with Gasteiger partial charge < -0.3 is 9.53 Å². The van der Waals surface area contributed by atoms with Gasteiger partial charge in [0.25, 0.3) is 0 Å². The van der Waals surface area contributed by atoms with Crippen molar-refractivity contribution < 1.29 is 13.9 Å². The van der Waals surface area contributed by atoms with Gasteiger partial charge in [0.15, 0.2) is 8.32 Å². The molecule has 1 heterocycles. The van der Waals surface area contributed by atoms with Gasteiger partial charge in [-0.2, -0.15) is 0 Å². The van der Waals surface area contributed by atoms with Crippen LogP contribution in [0.25, 0.3) is 0 Å². The van der Waals surface area contributed by atoms with E-state index in [-0.39, 0.29) is 28.3 Å². The van der Waals surface area contributed by atoms with Crippen LogP contribution in [0.15, 0.2) is 24.3 Å². The van der Waals surface area contributed by atoms with Gasteiger partial charge in [0, 0.05) is 20.4 Å². The lowest BCUT2D eigenvalue weighted by Crippen LogP contribution is -2.44. The van der Waals surface area contributed by atoms with Gasteiger partial charge in [-0.05, 0) is 82.6 Å². The van der Waals surface area contributed by atoms with Crippen LogP contribution in [0.3, 0.4) is 0 Å². The molecular weight excluding hydrogens is 544 g/mol. The van der Waals surface area contributed by atoms with Gasteiger partial charge in [0.2, 0.25) is 0 Å². The monoisotopic (exact) mass is 583 g/mol. The van der Waals surface area contributed by atoms with Crippen LogP contribution < -0.4 is 0 Å². The Morgan fingerprint density at radius 3 is 2.27 bits per heavy atom. The molecule has 0 amide bonds. The number of nitrogens with zero attached hydrogens (tertiary/aromatic N) is 1. The van der Waals surface area contributed by atoms with Gasteiger partial charge in [0.05, 0.1) is 11.8 Å². The van der Waals surface area contributed by atoms with E-state index in [0.717, 1.165) is 38.9 Å². The van der Waals surface area contributed by atoms with E-state index >= 15 is 0 Å². The predicted octanol–water partition coefficient (Wildman–Crippen LogP) is 8.07. The van der Waals surface area contributed by atoms with Gasteiger partial charge >= 0.3 is 0 Å². The first-order chi connectivity index (χ1) is 15.0. The van der Waals surface area contributed by atoms with Crippen molar-refractivity contribution in [2.45, 2.75) is 97.6 Å². The Balaban J connectivity index is 2.21. The van der Waals surface area contributed by atoms with Gasteiger partial charge in [-0.3, -0.25) is 4.98 Å². The molecule has 0 bridgehead atoms. The molecule has 1 aromatic heterocycles. The highest BCUT2D eigenvalue weighted by Gasteiger charge is 2.44. The predicted molar refractivity (Wildman–Crippen MR) is 145 cm³/mol. The van der Waals surface area contributed by atoms with Crippen molar-refractivity contribution in [1.82, 2.24) is 4.98 Å². The van der Waals surface area contributed by atoms with Crippen LogP contribution in [0, 0.1) is 14.8 Å². The molecular formula is C27H39FINO2Si. The second-order valence-corrected chi connectivity index (χ2v) is 17.9. The van der Waals surface area contributed by atoms with E-state index in [4.69, 9.17) is 9.41 Å². The molecule has 0 radical (unpaired) electrons. The fourth-order valence-electron chi connectivity index (χ4n) is 4.39. The van der Waals surface area contributed by atoms with Crippen molar-refractivity contribution in [2.24, 2.45) is 5.41 Å². The molecule has 0 fully saturated rings. The van der Waals surface area contributed by atoms with Crippen molar-refractivity contribution in [2.75, 3.05) is 0 Å². The van der Waals surface area contributed by atoms with E-state index in [9.17, 15) is 9.50 Å². The highest BCUT2D eigenvalue weighted by molar-refractivity contribution is 14.1. The van der Waals surface area contributed by atoms with Crippen LogP contribution in [0.1, 0.15) is 101 Å². The maximum atomic E-state index is 13.5. The average Bonchev–Trinajstić information content (AvgIpc) is 2.65. The largest absolute Gasteiger partial charge is 0.410 e. The van der Waals surface area contributed by atoms with Crippen molar-refractivity contribution in [3.8, 4) is 0 Å². The molecule has 0 saturated carbocycles. The molecule has 0 saturated heterocycles. The molecule has 0 spiro atoms.